The number of likely N-dealkylation sites (tertiary alicyclic amines) is 1. The van der Waals surface area contributed by atoms with Crippen molar-refractivity contribution in [2.75, 3.05) is 32.1 Å². The molecule has 26 heavy (non-hydrogen) atoms. The molecule has 1 unspecified atom stereocenters. The van der Waals surface area contributed by atoms with Gasteiger partial charge in [0.2, 0.25) is 11.8 Å². The van der Waals surface area contributed by atoms with Gasteiger partial charge in [-0.1, -0.05) is 19.9 Å². The smallest absolute Gasteiger partial charge is 0.229 e. The van der Waals surface area contributed by atoms with Crippen molar-refractivity contribution in [2.45, 2.75) is 26.8 Å². The maximum absolute atomic E-state index is 12.7. The van der Waals surface area contributed by atoms with E-state index in [2.05, 4.69) is 23.7 Å². The van der Waals surface area contributed by atoms with Crippen LogP contribution in [0.1, 0.15) is 20.3 Å². The lowest BCUT2D eigenvalue weighted by Crippen LogP contribution is -2.31. The Morgan fingerprint density at radius 3 is 2.88 bits per heavy atom. The van der Waals surface area contributed by atoms with Crippen molar-refractivity contribution in [1.82, 2.24) is 9.47 Å². The number of fused-ring (bicyclic) bond motifs is 1. The van der Waals surface area contributed by atoms with Crippen molar-refractivity contribution in [3.63, 3.8) is 0 Å². The molecule has 2 heterocycles. The first kappa shape index (κ1) is 18.5. The fraction of sp³-hybridized carbons (Fsp3) is 0.500. The molecule has 6 heteroatoms. The maximum Gasteiger partial charge on any atom is 0.229 e. The molecule has 0 radical (unpaired) electrons. The number of benzene rings is 1. The standard InChI is InChI=1S/C20H27N3O3/c1-14(2)12-23-13-15(11-19(23)24)20(25)21-17-5-4-6-18-16(17)7-8-22(18)9-10-26-3/h4-8,14-15H,9-13H2,1-3H3,(H,21,25). The predicted molar refractivity (Wildman–Crippen MR) is 102 cm³/mol. The molecule has 1 aromatic carbocycles. The van der Waals surface area contributed by atoms with Crippen LogP contribution in [0.2, 0.25) is 0 Å². The zero-order chi connectivity index (χ0) is 18.7. The van der Waals surface area contributed by atoms with Crippen LogP contribution in [0.25, 0.3) is 10.9 Å². The second-order valence-corrected chi connectivity index (χ2v) is 7.32. The van der Waals surface area contributed by atoms with Gasteiger partial charge >= 0.3 is 0 Å². The van der Waals surface area contributed by atoms with E-state index in [0.29, 0.717) is 32.0 Å². The molecule has 1 N–H and O–H groups in total. The van der Waals surface area contributed by atoms with E-state index >= 15 is 0 Å². The first-order chi connectivity index (χ1) is 12.5. The van der Waals surface area contributed by atoms with E-state index in [4.69, 9.17) is 4.74 Å². The number of rotatable bonds is 7. The second-order valence-electron chi connectivity index (χ2n) is 7.32. The molecule has 1 fully saturated rings. The molecular weight excluding hydrogens is 330 g/mol. The summed E-state index contributed by atoms with van der Waals surface area (Å²) >= 11 is 0. The van der Waals surface area contributed by atoms with E-state index in [1.54, 1.807) is 12.0 Å². The summed E-state index contributed by atoms with van der Waals surface area (Å²) in [5.41, 5.74) is 1.85. The number of carbonyl (C=O) groups is 2. The molecule has 0 saturated carbocycles. The second kappa shape index (κ2) is 7.91. The number of nitrogens with one attached hydrogen (secondary N) is 1. The summed E-state index contributed by atoms with van der Waals surface area (Å²) in [5, 5.41) is 4.03. The Kier molecular flexibility index (Phi) is 5.61. The normalized spacial score (nSPS) is 17.5. The Bertz CT molecular complexity index is 797. The van der Waals surface area contributed by atoms with Gasteiger partial charge in [0.05, 0.1) is 23.7 Å². The van der Waals surface area contributed by atoms with Crippen LogP contribution in [-0.2, 0) is 20.9 Å². The number of aromatic nitrogens is 1. The monoisotopic (exact) mass is 357 g/mol. The lowest BCUT2D eigenvalue weighted by atomic mass is 10.1. The molecular formula is C20H27N3O3. The summed E-state index contributed by atoms with van der Waals surface area (Å²) in [6.07, 6.45) is 2.30. The summed E-state index contributed by atoms with van der Waals surface area (Å²) in [5.74, 6) is 0.109. The van der Waals surface area contributed by atoms with Gasteiger partial charge in [-0.25, -0.2) is 0 Å². The summed E-state index contributed by atoms with van der Waals surface area (Å²) in [6, 6.07) is 7.88. The van der Waals surface area contributed by atoms with Crippen LogP contribution in [-0.4, -0.2) is 48.1 Å². The van der Waals surface area contributed by atoms with E-state index in [1.165, 1.54) is 0 Å². The highest BCUT2D eigenvalue weighted by atomic mass is 16.5. The van der Waals surface area contributed by atoms with Crippen molar-refractivity contribution in [3.8, 4) is 0 Å². The molecule has 6 nitrogen and oxygen atoms in total. The van der Waals surface area contributed by atoms with Crippen LogP contribution in [0, 0.1) is 11.8 Å². The molecule has 2 aromatic rings. The Labute approximate surface area is 154 Å². The highest BCUT2D eigenvalue weighted by Crippen LogP contribution is 2.27. The van der Waals surface area contributed by atoms with Crippen LogP contribution in [0.4, 0.5) is 5.69 Å². The molecule has 2 amide bonds. The number of hydrogen-bond donors (Lipinski definition) is 1. The Morgan fingerprint density at radius 1 is 1.35 bits per heavy atom. The van der Waals surface area contributed by atoms with Crippen LogP contribution >= 0.6 is 0 Å². The van der Waals surface area contributed by atoms with Gasteiger partial charge in [0.25, 0.3) is 0 Å². The molecule has 1 aliphatic heterocycles. The topological polar surface area (TPSA) is 63.6 Å². The van der Waals surface area contributed by atoms with Crippen LogP contribution in [0.15, 0.2) is 30.5 Å². The third-order valence-corrected chi connectivity index (χ3v) is 4.78. The number of ether oxygens (including phenoxy) is 1. The van der Waals surface area contributed by atoms with Crippen LogP contribution in [0.3, 0.4) is 0 Å². The van der Waals surface area contributed by atoms with Gasteiger partial charge in [-0.3, -0.25) is 9.59 Å². The van der Waals surface area contributed by atoms with Crippen LogP contribution in [0.5, 0.6) is 0 Å². The first-order valence-corrected chi connectivity index (χ1v) is 9.15. The molecule has 0 spiro atoms. The van der Waals surface area contributed by atoms with E-state index in [0.717, 1.165) is 23.1 Å². The first-order valence-electron chi connectivity index (χ1n) is 9.15. The molecule has 1 aromatic heterocycles. The van der Waals surface area contributed by atoms with Crippen molar-refractivity contribution in [1.29, 1.82) is 0 Å². The summed E-state index contributed by atoms with van der Waals surface area (Å²) in [6.45, 7) is 6.77. The molecule has 1 aliphatic rings. The van der Waals surface area contributed by atoms with E-state index in [-0.39, 0.29) is 17.7 Å². The van der Waals surface area contributed by atoms with Gasteiger partial charge in [-0.2, -0.15) is 0 Å². The Morgan fingerprint density at radius 2 is 2.15 bits per heavy atom. The minimum atomic E-state index is -0.285. The van der Waals surface area contributed by atoms with Crippen molar-refractivity contribution in [3.05, 3.63) is 30.5 Å². The lowest BCUT2D eigenvalue weighted by molar-refractivity contribution is -0.128. The highest BCUT2D eigenvalue weighted by molar-refractivity contribution is 6.03. The van der Waals surface area contributed by atoms with Gasteiger partial charge < -0.3 is 19.5 Å². The predicted octanol–water partition coefficient (Wildman–Crippen LogP) is 2.73. The highest BCUT2D eigenvalue weighted by Gasteiger charge is 2.34. The van der Waals surface area contributed by atoms with E-state index in [1.807, 2.05) is 30.5 Å². The minimum Gasteiger partial charge on any atom is -0.383 e. The molecule has 1 atom stereocenters. The maximum atomic E-state index is 12.7. The number of amides is 2. The molecule has 3 rings (SSSR count). The molecule has 140 valence electrons. The zero-order valence-electron chi connectivity index (χ0n) is 15.7. The zero-order valence-corrected chi connectivity index (χ0v) is 15.7. The number of anilines is 1. The summed E-state index contributed by atoms with van der Waals surface area (Å²) in [4.78, 5) is 26.6. The molecule has 0 aliphatic carbocycles. The fourth-order valence-corrected chi connectivity index (χ4v) is 3.52. The number of methoxy groups -OCH3 is 1. The van der Waals surface area contributed by atoms with E-state index in [9.17, 15) is 9.59 Å². The third-order valence-electron chi connectivity index (χ3n) is 4.78. The molecule has 0 bridgehead atoms. The van der Waals surface area contributed by atoms with Crippen molar-refractivity contribution < 1.29 is 14.3 Å². The molecule has 1 saturated heterocycles. The van der Waals surface area contributed by atoms with Crippen molar-refractivity contribution in [2.24, 2.45) is 11.8 Å². The van der Waals surface area contributed by atoms with Gasteiger partial charge in [-0.05, 0) is 24.1 Å². The number of nitrogens with zero attached hydrogens (tertiary/aromatic N) is 2. The van der Waals surface area contributed by atoms with E-state index < -0.39 is 0 Å². The van der Waals surface area contributed by atoms with Crippen LogP contribution < -0.4 is 5.32 Å². The average Bonchev–Trinajstić information content (AvgIpc) is 3.17. The van der Waals surface area contributed by atoms with Crippen molar-refractivity contribution >= 4 is 28.4 Å². The summed E-state index contributed by atoms with van der Waals surface area (Å²) in [7, 11) is 1.68. The fourth-order valence-electron chi connectivity index (χ4n) is 3.52. The SMILES string of the molecule is COCCn1ccc2c(NC(=O)C3CC(=O)N(CC(C)C)C3)cccc21. The van der Waals surface area contributed by atoms with Gasteiger partial charge in [0.15, 0.2) is 0 Å². The number of hydrogen-bond acceptors (Lipinski definition) is 3. The minimum absolute atomic E-state index is 0.0720. The number of carbonyl (C=O) groups excluding carboxylic acids is 2. The third kappa shape index (κ3) is 3.90. The van der Waals surface area contributed by atoms with Gasteiger partial charge in [-0.15, -0.1) is 0 Å². The largest absolute Gasteiger partial charge is 0.383 e. The van der Waals surface area contributed by atoms with Gasteiger partial charge in [0, 0.05) is 44.7 Å². The Balaban J connectivity index is 1.72. The summed E-state index contributed by atoms with van der Waals surface area (Å²) < 4.78 is 7.26. The quantitative estimate of drug-likeness (QED) is 0.829. The lowest BCUT2D eigenvalue weighted by Gasteiger charge is -2.18. The van der Waals surface area contributed by atoms with Gasteiger partial charge in [0.1, 0.15) is 0 Å². The average molecular weight is 357 g/mol. The Hall–Kier alpha value is -2.34.